The maximum absolute atomic E-state index is 12.4. The van der Waals surface area contributed by atoms with E-state index >= 15 is 0 Å². The van der Waals surface area contributed by atoms with Crippen molar-refractivity contribution in [3.8, 4) is 0 Å². The number of hydrogen-bond donors (Lipinski definition) is 1. The van der Waals surface area contributed by atoms with Gasteiger partial charge in [0, 0.05) is 25.2 Å². The van der Waals surface area contributed by atoms with Crippen molar-refractivity contribution >= 4 is 29.7 Å². The predicted molar refractivity (Wildman–Crippen MR) is 97.3 cm³/mol. The summed E-state index contributed by atoms with van der Waals surface area (Å²) in [4.78, 5) is 14.2. The Kier molecular flexibility index (Phi) is 5.03. The van der Waals surface area contributed by atoms with Gasteiger partial charge in [0.2, 0.25) is 0 Å². The molecule has 0 aliphatic carbocycles. The van der Waals surface area contributed by atoms with Crippen LogP contribution < -0.4 is 5.32 Å². The summed E-state index contributed by atoms with van der Waals surface area (Å²) in [5, 5.41) is 14.5. The molecule has 2 heterocycles. The lowest BCUT2D eigenvalue weighted by molar-refractivity contribution is 0.197. The molecule has 1 saturated heterocycles. The van der Waals surface area contributed by atoms with E-state index in [1.807, 2.05) is 19.1 Å². The van der Waals surface area contributed by atoms with Crippen LogP contribution in [0, 0.1) is 12.8 Å². The highest BCUT2D eigenvalue weighted by Gasteiger charge is 2.25. The fraction of sp³-hybridized carbons (Fsp3) is 0.412. The number of anilines is 1. The number of halogens is 1. The third kappa shape index (κ3) is 4.17. The fourth-order valence-corrected chi connectivity index (χ4v) is 3.32. The molecule has 1 aliphatic heterocycles. The van der Waals surface area contributed by atoms with Crippen LogP contribution in [0.1, 0.15) is 24.5 Å². The van der Waals surface area contributed by atoms with Crippen LogP contribution in [0.2, 0.25) is 5.02 Å². The Bertz CT molecular complexity index is 795. The minimum absolute atomic E-state index is 0.178. The van der Waals surface area contributed by atoms with Gasteiger partial charge < -0.3 is 4.90 Å². The molecule has 0 saturated carbocycles. The summed E-state index contributed by atoms with van der Waals surface area (Å²) in [6.07, 6.45) is 3.02. The van der Waals surface area contributed by atoms with Crippen molar-refractivity contribution in [2.75, 3.05) is 18.4 Å². The first-order chi connectivity index (χ1) is 11.9. The average molecular weight is 361 g/mol. The van der Waals surface area contributed by atoms with E-state index in [1.54, 1.807) is 11.9 Å². The molecule has 0 bridgehead atoms. The molecule has 0 spiro atoms. The zero-order chi connectivity index (χ0) is 18.0. The van der Waals surface area contributed by atoms with Crippen molar-refractivity contribution in [2.45, 2.75) is 20.3 Å². The number of aromatic nitrogens is 4. The zero-order valence-corrected chi connectivity index (χ0v) is 15.3. The van der Waals surface area contributed by atoms with Crippen molar-refractivity contribution in [1.82, 2.24) is 25.1 Å². The Hall–Kier alpha value is -2.41. The number of likely N-dealkylation sites (tertiary alicyclic amines) is 1. The molecule has 132 valence electrons. The summed E-state index contributed by atoms with van der Waals surface area (Å²) in [7, 11) is 1.68. The van der Waals surface area contributed by atoms with Crippen LogP contribution in [-0.2, 0) is 7.05 Å². The van der Waals surface area contributed by atoms with E-state index in [-0.39, 0.29) is 11.9 Å². The zero-order valence-electron chi connectivity index (χ0n) is 14.5. The molecule has 3 rings (SSSR count). The molecule has 0 radical (unpaired) electrons. The molecule has 1 atom stereocenters. The third-order valence-corrected chi connectivity index (χ3v) is 4.56. The number of carbonyl (C=O) groups excluding carboxylic acids is 1. The monoisotopic (exact) mass is 360 g/mol. The second-order valence-electron chi connectivity index (χ2n) is 6.43. The lowest BCUT2D eigenvalue weighted by Crippen LogP contribution is -2.42. The largest absolute Gasteiger partial charge is 0.324 e. The third-order valence-electron chi connectivity index (χ3n) is 4.34. The maximum atomic E-state index is 12.4. The van der Waals surface area contributed by atoms with Crippen LogP contribution in [0.15, 0.2) is 23.8 Å². The van der Waals surface area contributed by atoms with Gasteiger partial charge in [-0.15, -0.1) is 0 Å². The summed E-state index contributed by atoms with van der Waals surface area (Å²) in [5.74, 6) is 0.616. The van der Waals surface area contributed by atoms with Gasteiger partial charge in [-0.05, 0) is 52.9 Å². The van der Waals surface area contributed by atoms with Gasteiger partial charge >= 0.3 is 6.03 Å². The van der Waals surface area contributed by atoms with E-state index in [1.165, 1.54) is 10.3 Å². The van der Waals surface area contributed by atoms with Gasteiger partial charge in [0.1, 0.15) is 0 Å². The minimum atomic E-state index is -0.178. The number of rotatable bonds is 2. The normalized spacial score (nSPS) is 19.3. The van der Waals surface area contributed by atoms with E-state index in [2.05, 4.69) is 39.9 Å². The highest BCUT2D eigenvalue weighted by atomic mass is 35.5. The Labute approximate surface area is 151 Å². The lowest BCUT2D eigenvalue weighted by Gasteiger charge is -2.33. The molecular formula is C17H21ClN6O. The van der Waals surface area contributed by atoms with Crippen LogP contribution in [0.25, 0.3) is 6.08 Å². The number of nitrogens with zero attached hydrogens (tertiary/aromatic N) is 5. The molecule has 25 heavy (non-hydrogen) atoms. The van der Waals surface area contributed by atoms with Gasteiger partial charge in [-0.1, -0.05) is 41.3 Å². The van der Waals surface area contributed by atoms with Crippen LogP contribution in [0.4, 0.5) is 10.7 Å². The number of tetrazole rings is 1. The summed E-state index contributed by atoms with van der Waals surface area (Å²) < 4.78 is 1.43. The van der Waals surface area contributed by atoms with Crippen LogP contribution in [0.3, 0.4) is 0 Å². The van der Waals surface area contributed by atoms with Crippen molar-refractivity contribution < 1.29 is 4.79 Å². The Morgan fingerprint density at radius 3 is 2.84 bits per heavy atom. The van der Waals surface area contributed by atoms with Crippen molar-refractivity contribution in [2.24, 2.45) is 13.0 Å². The first-order valence-electron chi connectivity index (χ1n) is 8.18. The Balaban J connectivity index is 1.67. The number of aryl methyl sites for hydroxylation is 2. The van der Waals surface area contributed by atoms with E-state index in [9.17, 15) is 4.79 Å². The van der Waals surface area contributed by atoms with Gasteiger partial charge in [-0.3, -0.25) is 5.32 Å². The smallest absolute Gasteiger partial charge is 0.324 e. The number of amides is 2. The molecule has 1 aliphatic rings. The average Bonchev–Trinajstić information content (AvgIpc) is 2.93. The summed E-state index contributed by atoms with van der Waals surface area (Å²) in [6, 6.07) is 5.85. The molecule has 1 aromatic heterocycles. The minimum Gasteiger partial charge on any atom is -0.324 e. The number of piperidine rings is 1. The molecular weight excluding hydrogens is 340 g/mol. The highest BCUT2D eigenvalue weighted by Crippen LogP contribution is 2.26. The summed E-state index contributed by atoms with van der Waals surface area (Å²) in [5.41, 5.74) is 3.57. The van der Waals surface area contributed by atoms with Crippen molar-refractivity contribution in [1.29, 1.82) is 0 Å². The number of hydrogen-bond acceptors (Lipinski definition) is 4. The van der Waals surface area contributed by atoms with E-state index in [0.29, 0.717) is 19.0 Å². The molecule has 2 aromatic rings. The second kappa shape index (κ2) is 7.23. The summed E-state index contributed by atoms with van der Waals surface area (Å²) in [6.45, 7) is 5.48. The number of urea groups is 1. The Morgan fingerprint density at radius 2 is 2.20 bits per heavy atom. The van der Waals surface area contributed by atoms with Crippen LogP contribution in [0.5, 0.6) is 0 Å². The standard InChI is InChI=1S/C17H21ClN6O/c1-11-6-13(9-15(18)7-11)8-14-4-5-24(10-12(14)2)17(25)19-16-20-21-22-23(16)3/h6-9,12H,4-5,10H2,1-3H3,(H,19,20,22,25). The molecule has 1 fully saturated rings. The Morgan fingerprint density at radius 1 is 1.40 bits per heavy atom. The second-order valence-corrected chi connectivity index (χ2v) is 6.87. The van der Waals surface area contributed by atoms with Gasteiger partial charge in [0.15, 0.2) is 0 Å². The van der Waals surface area contributed by atoms with Gasteiger partial charge in [-0.25, -0.2) is 9.48 Å². The molecule has 2 amide bonds. The van der Waals surface area contributed by atoms with E-state index in [4.69, 9.17) is 11.6 Å². The molecule has 1 aromatic carbocycles. The molecule has 8 heteroatoms. The van der Waals surface area contributed by atoms with E-state index in [0.717, 1.165) is 22.6 Å². The van der Waals surface area contributed by atoms with Gasteiger partial charge in [-0.2, -0.15) is 0 Å². The lowest BCUT2D eigenvalue weighted by atomic mass is 9.91. The van der Waals surface area contributed by atoms with Crippen LogP contribution in [-0.4, -0.2) is 44.2 Å². The van der Waals surface area contributed by atoms with Crippen molar-refractivity contribution in [3.05, 3.63) is 39.9 Å². The fourth-order valence-electron chi connectivity index (χ4n) is 3.02. The SMILES string of the molecule is Cc1cc(Cl)cc(C=C2CCN(C(=O)Nc3nnnn3C)CC2C)c1. The predicted octanol–water partition coefficient (Wildman–Crippen LogP) is 3.13. The number of benzene rings is 1. The van der Waals surface area contributed by atoms with Gasteiger partial charge in [0.25, 0.3) is 5.95 Å². The first-order valence-corrected chi connectivity index (χ1v) is 8.56. The highest BCUT2D eigenvalue weighted by molar-refractivity contribution is 6.30. The molecule has 1 unspecified atom stereocenters. The topological polar surface area (TPSA) is 75.9 Å². The number of nitrogens with one attached hydrogen (secondary N) is 1. The number of carbonyl (C=O) groups is 1. The molecule has 7 nitrogen and oxygen atoms in total. The van der Waals surface area contributed by atoms with Crippen LogP contribution >= 0.6 is 11.6 Å². The summed E-state index contributed by atoms with van der Waals surface area (Å²) >= 11 is 6.14. The van der Waals surface area contributed by atoms with E-state index < -0.39 is 0 Å². The first kappa shape index (κ1) is 17.4. The van der Waals surface area contributed by atoms with Gasteiger partial charge in [0.05, 0.1) is 0 Å². The molecule has 1 N–H and O–H groups in total. The quantitative estimate of drug-likeness (QED) is 0.892. The maximum Gasteiger partial charge on any atom is 0.324 e. The van der Waals surface area contributed by atoms with Crippen molar-refractivity contribution in [3.63, 3.8) is 0 Å².